The van der Waals surface area contributed by atoms with E-state index in [1.807, 2.05) is 31.4 Å². The number of aryl methyl sites for hydroxylation is 1. The lowest BCUT2D eigenvalue weighted by Gasteiger charge is -2.02. The zero-order valence-corrected chi connectivity index (χ0v) is 13.0. The molecule has 2 rings (SSSR count). The zero-order valence-electron chi connectivity index (χ0n) is 10.6. The highest BCUT2D eigenvalue weighted by Crippen LogP contribution is 2.19. The summed E-state index contributed by atoms with van der Waals surface area (Å²) in [5, 5.41) is 10.1. The molecule has 1 amide bonds. The molecule has 2 aromatic heterocycles. The van der Waals surface area contributed by atoms with Crippen molar-refractivity contribution in [2.75, 3.05) is 0 Å². The lowest BCUT2D eigenvalue weighted by molar-refractivity contribution is -0.121. The Bertz CT molecular complexity index is 604. The van der Waals surface area contributed by atoms with Crippen molar-refractivity contribution < 1.29 is 4.79 Å². The van der Waals surface area contributed by atoms with Gasteiger partial charge in [0.1, 0.15) is 6.54 Å². The SMILES string of the molecule is Cc1nn(CC(=O)NN=Cc2cccs2)c(C)c1Br. The maximum Gasteiger partial charge on any atom is 0.261 e. The summed E-state index contributed by atoms with van der Waals surface area (Å²) < 4.78 is 2.58. The van der Waals surface area contributed by atoms with Gasteiger partial charge in [0.15, 0.2) is 0 Å². The average molecular weight is 341 g/mol. The third kappa shape index (κ3) is 3.51. The van der Waals surface area contributed by atoms with Crippen molar-refractivity contribution in [1.82, 2.24) is 15.2 Å². The first kappa shape index (κ1) is 14.0. The maximum absolute atomic E-state index is 11.7. The monoisotopic (exact) mass is 340 g/mol. The molecule has 0 spiro atoms. The molecule has 0 saturated heterocycles. The van der Waals surface area contributed by atoms with Gasteiger partial charge in [0.25, 0.3) is 5.91 Å². The van der Waals surface area contributed by atoms with E-state index in [-0.39, 0.29) is 12.5 Å². The van der Waals surface area contributed by atoms with Crippen molar-refractivity contribution in [3.8, 4) is 0 Å². The molecule has 0 unspecified atom stereocenters. The zero-order chi connectivity index (χ0) is 13.8. The maximum atomic E-state index is 11.7. The molecule has 19 heavy (non-hydrogen) atoms. The summed E-state index contributed by atoms with van der Waals surface area (Å²) in [6.07, 6.45) is 1.62. The number of nitrogens with zero attached hydrogens (tertiary/aromatic N) is 3. The van der Waals surface area contributed by atoms with E-state index >= 15 is 0 Å². The summed E-state index contributed by atoms with van der Waals surface area (Å²) in [5.74, 6) is -0.203. The van der Waals surface area contributed by atoms with Crippen molar-refractivity contribution in [3.63, 3.8) is 0 Å². The molecule has 2 heterocycles. The van der Waals surface area contributed by atoms with Crippen LogP contribution in [-0.4, -0.2) is 21.9 Å². The minimum absolute atomic E-state index is 0.153. The van der Waals surface area contributed by atoms with Gasteiger partial charge in [-0.2, -0.15) is 10.2 Å². The molecule has 5 nitrogen and oxygen atoms in total. The Morgan fingerprint density at radius 1 is 1.63 bits per heavy atom. The molecule has 100 valence electrons. The Kier molecular flexibility index (Phi) is 4.49. The number of halogens is 1. The second-order valence-electron chi connectivity index (χ2n) is 3.95. The first-order chi connectivity index (χ1) is 9.08. The van der Waals surface area contributed by atoms with Crippen molar-refractivity contribution in [1.29, 1.82) is 0 Å². The summed E-state index contributed by atoms with van der Waals surface area (Å²) in [5.41, 5.74) is 4.28. The van der Waals surface area contributed by atoms with E-state index in [1.165, 1.54) is 0 Å². The third-order valence-corrected chi connectivity index (χ3v) is 4.47. The van der Waals surface area contributed by atoms with E-state index in [4.69, 9.17) is 0 Å². The van der Waals surface area contributed by atoms with Gasteiger partial charge in [-0.15, -0.1) is 11.3 Å². The lowest BCUT2D eigenvalue weighted by Crippen LogP contribution is -2.24. The summed E-state index contributed by atoms with van der Waals surface area (Å²) >= 11 is 4.99. The molecular formula is C12H13BrN4OS. The van der Waals surface area contributed by atoms with Gasteiger partial charge >= 0.3 is 0 Å². The van der Waals surface area contributed by atoms with Crippen LogP contribution in [0.25, 0.3) is 0 Å². The van der Waals surface area contributed by atoms with E-state index < -0.39 is 0 Å². The van der Waals surface area contributed by atoms with Crippen LogP contribution in [0.1, 0.15) is 16.3 Å². The fourth-order valence-electron chi connectivity index (χ4n) is 1.53. The van der Waals surface area contributed by atoms with E-state index in [0.29, 0.717) is 0 Å². The minimum Gasteiger partial charge on any atom is -0.271 e. The molecule has 0 aromatic carbocycles. The number of amides is 1. The lowest BCUT2D eigenvalue weighted by atomic mass is 10.4. The van der Waals surface area contributed by atoms with Crippen LogP contribution in [0.5, 0.6) is 0 Å². The van der Waals surface area contributed by atoms with E-state index in [9.17, 15) is 4.79 Å². The largest absolute Gasteiger partial charge is 0.271 e. The number of hydrazone groups is 1. The van der Waals surface area contributed by atoms with E-state index in [1.54, 1.807) is 22.2 Å². The topological polar surface area (TPSA) is 59.3 Å². The number of carbonyl (C=O) groups is 1. The Hall–Kier alpha value is -1.47. The molecule has 2 aromatic rings. The molecule has 0 atom stereocenters. The highest BCUT2D eigenvalue weighted by Gasteiger charge is 2.11. The van der Waals surface area contributed by atoms with Gasteiger partial charge in [-0.3, -0.25) is 9.48 Å². The fourth-order valence-corrected chi connectivity index (χ4v) is 2.40. The van der Waals surface area contributed by atoms with Crippen molar-refractivity contribution in [3.05, 3.63) is 38.3 Å². The standard InChI is InChI=1S/C12H13BrN4OS/c1-8-12(13)9(2)17(16-8)7-11(18)15-14-6-10-4-3-5-19-10/h3-6H,7H2,1-2H3,(H,15,18). The van der Waals surface area contributed by atoms with Crippen LogP contribution in [-0.2, 0) is 11.3 Å². The number of nitrogens with one attached hydrogen (secondary N) is 1. The summed E-state index contributed by atoms with van der Waals surface area (Å²) in [7, 11) is 0. The van der Waals surface area contributed by atoms with Gasteiger partial charge in [0.05, 0.1) is 22.1 Å². The molecule has 7 heteroatoms. The van der Waals surface area contributed by atoms with Gasteiger partial charge < -0.3 is 0 Å². The number of carbonyl (C=O) groups excluding carboxylic acids is 1. The number of thiophene rings is 1. The smallest absolute Gasteiger partial charge is 0.261 e. The third-order valence-electron chi connectivity index (χ3n) is 2.51. The Balaban J connectivity index is 1.92. The highest BCUT2D eigenvalue weighted by atomic mass is 79.9. The van der Waals surface area contributed by atoms with Crippen LogP contribution in [0.2, 0.25) is 0 Å². The predicted molar refractivity (Wildman–Crippen MR) is 79.5 cm³/mol. The molecule has 0 aliphatic heterocycles. The molecule has 0 fully saturated rings. The minimum atomic E-state index is -0.203. The first-order valence-corrected chi connectivity index (χ1v) is 7.30. The predicted octanol–water partition coefficient (Wildman–Crippen LogP) is 2.47. The second-order valence-corrected chi connectivity index (χ2v) is 5.72. The summed E-state index contributed by atoms with van der Waals surface area (Å²) in [6, 6.07) is 3.86. The number of hydrogen-bond donors (Lipinski definition) is 1. The molecule has 0 bridgehead atoms. The average Bonchev–Trinajstić information content (AvgIpc) is 2.96. The van der Waals surface area contributed by atoms with Gasteiger partial charge in [-0.05, 0) is 41.2 Å². The van der Waals surface area contributed by atoms with E-state index in [2.05, 4.69) is 31.6 Å². The van der Waals surface area contributed by atoms with Crippen molar-refractivity contribution in [2.24, 2.45) is 5.10 Å². The normalized spacial score (nSPS) is 11.1. The summed E-state index contributed by atoms with van der Waals surface area (Å²) in [6.45, 7) is 3.95. The van der Waals surface area contributed by atoms with Gasteiger partial charge in [0, 0.05) is 4.88 Å². The molecule has 1 N–H and O–H groups in total. The van der Waals surface area contributed by atoms with Gasteiger partial charge in [-0.25, -0.2) is 5.43 Å². The number of rotatable bonds is 4. The van der Waals surface area contributed by atoms with Gasteiger partial charge in [0.2, 0.25) is 0 Å². The summed E-state index contributed by atoms with van der Waals surface area (Å²) in [4.78, 5) is 12.7. The molecule has 0 aliphatic rings. The van der Waals surface area contributed by atoms with Crippen LogP contribution in [0, 0.1) is 13.8 Å². The molecule has 0 radical (unpaired) electrons. The van der Waals surface area contributed by atoms with Crippen LogP contribution in [0.3, 0.4) is 0 Å². The van der Waals surface area contributed by atoms with Crippen LogP contribution < -0.4 is 5.43 Å². The van der Waals surface area contributed by atoms with Crippen LogP contribution in [0.15, 0.2) is 27.1 Å². The Morgan fingerprint density at radius 2 is 2.42 bits per heavy atom. The first-order valence-electron chi connectivity index (χ1n) is 5.63. The highest BCUT2D eigenvalue weighted by molar-refractivity contribution is 9.10. The number of hydrogen-bond acceptors (Lipinski definition) is 4. The molecular weight excluding hydrogens is 328 g/mol. The van der Waals surface area contributed by atoms with Crippen LogP contribution in [0.4, 0.5) is 0 Å². The fraction of sp³-hybridized carbons (Fsp3) is 0.250. The van der Waals surface area contributed by atoms with E-state index in [0.717, 1.165) is 20.7 Å². The molecule has 0 aliphatic carbocycles. The quantitative estimate of drug-likeness (QED) is 0.686. The van der Waals surface area contributed by atoms with Crippen molar-refractivity contribution in [2.45, 2.75) is 20.4 Å². The Labute approximate surface area is 123 Å². The second kappa shape index (κ2) is 6.12. The Morgan fingerprint density at radius 3 is 3.00 bits per heavy atom. The number of aromatic nitrogens is 2. The van der Waals surface area contributed by atoms with Crippen LogP contribution >= 0.6 is 27.3 Å². The molecule has 0 saturated carbocycles. The van der Waals surface area contributed by atoms with Gasteiger partial charge in [-0.1, -0.05) is 6.07 Å². The van der Waals surface area contributed by atoms with Crippen molar-refractivity contribution >= 4 is 39.4 Å².